The molecule has 2 N–H and O–H groups in total. The Morgan fingerprint density at radius 1 is 1.52 bits per heavy atom. The van der Waals surface area contributed by atoms with Crippen LogP contribution in [0.15, 0.2) is 23.3 Å². The fourth-order valence-corrected chi connectivity index (χ4v) is 4.00. The largest absolute Gasteiger partial charge is 0.374 e. The molecular formula is C14H12ClN3O2S. The highest BCUT2D eigenvalue weighted by Gasteiger charge is 2.33. The smallest absolute Gasteiger partial charge is 0.266 e. The maximum atomic E-state index is 12.4. The normalized spacial score (nSPS) is 21.6. The first-order chi connectivity index (χ1) is 10.1. The molecule has 0 aliphatic carbocycles. The van der Waals surface area contributed by atoms with Crippen molar-refractivity contribution in [3.05, 3.63) is 40.1 Å². The lowest BCUT2D eigenvalue weighted by Crippen LogP contribution is -2.32. The number of hydrogen-bond acceptors (Lipinski definition) is 4. The van der Waals surface area contributed by atoms with Gasteiger partial charge >= 0.3 is 0 Å². The van der Waals surface area contributed by atoms with Gasteiger partial charge in [-0.1, -0.05) is 0 Å². The summed E-state index contributed by atoms with van der Waals surface area (Å²) in [5, 5.41) is 7.66. The minimum Gasteiger partial charge on any atom is -0.374 e. The van der Waals surface area contributed by atoms with Crippen LogP contribution in [0.5, 0.6) is 0 Å². The molecule has 4 heterocycles. The van der Waals surface area contributed by atoms with Crippen molar-refractivity contribution in [3.8, 4) is 10.4 Å². The Hall–Kier alpha value is -1.63. The van der Waals surface area contributed by atoms with E-state index in [-0.39, 0.29) is 5.56 Å². The van der Waals surface area contributed by atoms with Gasteiger partial charge in [-0.15, -0.1) is 22.9 Å². The second-order valence-electron chi connectivity index (χ2n) is 5.34. The number of H-pyrrole nitrogens is 2. The Labute approximate surface area is 128 Å². The van der Waals surface area contributed by atoms with Gasteiger partial charge in [-0.05, 0) is 13.0 Å². The van der Waals surface area contributed by atoms with E-state index in [1.54, 1.807) is 6.20 Å². The van der Waals surface area contributed by atoms with Gasteiger partial charge in [0, 0.05) is 33.3 Å². The van der Waals surface area contributed by atoms with E-state index in [0.717, 1.165) is 27.1 Å². The van der Waals surface area contributed by atoms with Gasteiger partial charge in [-0.25, -0.2) is 0 Å². The number of nitrogens with one attached hydrogen (secondary N) is 2. The number of fused-ring (bicyclic) bond motifs is 3. The Morgan fingerprint density at radius 3 is 3.14 bits per heavy atom. The topological polar surface area (TPSA) is 70.8 Å². The Balaban J connectivity index is 2.04. The van der Waals surface area contributed by atoms with E-state index in [9.17, 15) is 4.79 Å². The molecule has 5 nitrogen and oxygen atoms in total. The van der Waals surface area contributed by atoms with Crippen LogP contribution in [-0.2, 0) is 16.2 Å². The summed E-state index contributed by atoms with van der Waals surface area (Å²) in [5.74, 6) is 0. The second-order valence-corrected chi connectivity index (χ2v) is 7.22. The van der Waals surface area contributed by atoms with E-state index in [0.29, 0.717) is 17.9 Å². The van der Waals surface area contributed by atoms with E-state index in [1.165, 1.54) is 11.3 Å². The molecule has 0 fully saturated rings. The van der Waals surface area contributed by atoms with Crippen LogP contribution in [0.1, 0.15) is 18.2 Å². The highest BCUT2D eigenvalue weighted by atomic mass is 35.5. The zero-order valence-corrected chi connectivity index (χ0v) is 12.8. The third-order valence-electron chi connectivity index (χ3n) is 3.73. The van der Waals surface area contributed by atoms with Crippen molar-refractivity contribution in [1.82, 2.24) is 15.2 Å². The van der Waals surface area contributed by atoms with Crippen LogP contribution in [0, 0.1) is 0 Å². The van der Waals surface area contributed by atoms with E-state index in [4.69, 9.17) is 16.3 Å². The van der Waals surface area contributed by atoms with Crippen molar-refractivity contribution in [2.75, 3.05) is 6.61 Å². The molecule has 1 aliphatic heterocycles. The number of alkyl halides is 1. The number of halogens is 1. The molecule has 108 valence electrons. The molecule has 1 atom stereocenters. The number of aromatic nitrogens is 3. The molecule has 0 radical (unpaired) electrons. The van der Waals surface area contributed by atoms with Crippen LogP contribution in [0.25, 0.3) is 20.5 Å². The lowest BCUT2D eigenvalue weighted by atomic mass is 9.97. The Morgan fingerprint density at radius 2 is 2.38 bits per heavy atom. The zero-order valence-electron chi connectivity index (χ0n) is 11.2. The SMILES string of the molecule is CC1(Cl)COCc2c1[nH]c(=O)c1sc(-c3cn[nH]c3)cc21. The average molecular weight is 322 g/mol. The first-order valence-corrected chi connectivity index (χ1v) is 7.71. The molecular weight excluding hydrogens is 310 g/mol. The van der Waals surface area contributed by atoms with E-state index < -0.39 is 4.87 Å². The van der Waals surface area contributed by atoms with E-state index in [2.05, 4.69) is 15.2 Å². The molecule has 7 heteroatoms. The Bertz CT molecular complexity index is 880. The molecule has 4 rings (SSSR count). The Kier molecular flexibility index (Phi) is 2.76. The lowest BCUT2D eigenvalue weighted by Gasteiger charge is -2.29. The van der Waals surface area contributed by atoms with E-state index >= 15 is 0 Å². The summed E-state index contributed by atoms with van der Waals surface area (Å²) in [6, 6.07) is 2.01. The van der Waals surface area contributed by atoms with Crippen molar-refractivity contribution in [3.63, 3.8) is 0 Å². The first-order valence-electron chi connectivity index (χ1n) is 6.51. The molecule has 1 aliphatic rings. The quantitative estimate of drug-likeness (QED) is 0.677. The minimum atomic E-state index is -0.696. The minimum absolute atomic E-state index is 0.0998. The van der Waals surface area contributed by atoms with Crippen molar-refractivity contribution in [1.29, 1.82) is 0 Å². The second kappa shape index (κ2) is 4.43. The molecule has 0 saturated heterocycles. The fraction of sp³-hybridized carbons (Fsp3) is 0.286. The number of aromatic amines is 2. The molecule has 3 aromatic rings. The van der Waals surface area contributed by atoms with Gasteiger partial charge < -0.3 is 9.72 Å². The molecule has 0 aromatic carbocycles. The lowest BCUT2D eigenvalue weighted by molar-refractivity contribution is 0.0827. The molecule has 21 heavy (non-hydrogen) atoms. The first kappa shape index (κ1) is 13.1. The fourth-order valence-electron chi connectivity index (χ4n) is 2.70. The third-order valence-corrected chi connectivity index (χ3v) is 5.21. The molecule has 0 bridgehead atoms. The summed E-state index contributed by atoms with van der Waals surface area (Å²) in [4.78, 5) is 15.6. The van der Waals surface area contributed by atoms with Gasteiger partial charge in [-0.3, -0.25) is 9.89 Å². The summed E-state index contributed by atoms with van der Waals surface area (Å²) < 4.78 is 6.29. The standard InChI is InChI=1S/C14H12ClN3O2S/c1-14(15)6-20-5-9-8-2-10(7-3-16-17-4-7)21-11(8)13(19)18-12(9)14/h2-4H,5-6H2,1H3,(H,16,17)(H,18,19). The molecule has 3 aromatic heterocycles. The highest BCUT2D eigenvalue weighted by Crippen LogP contribution is 2.40. The summed E-state index contributed by atoms with van der Waals surface area (Å²) in [6.45, 7) is 2.71. The number of thiophene rings is 1. The van der Waals surface area contributed by atoms with Gasteiger partial charge in [0.1, 0.15) is 9.57 Å². The molecule has 0 spiro atoms. The van der Waals surface area contributed by atoms with Crippen LogP contribution in [0.3, 0.4) is 0 Å². The van der Waals surface area contributed by atoms with Crippen LogP contribution in [-0.4, -0.2) is 21.8 Å². The molecule has 0 amide bonds. The molecule has 0 saturated carbocycles. The summed E-state index contributed by atoms with van der Waals surface area (Å²) in [6.07, 6.45) is 3.56. The average Bonchev–Trinajstić information content (AvgIpc) is 3.07. The maximum Gasteiger partial charge on any atom is 0.266 e. The van der Waals surface area contributed by atoms with Crippen molar-refractivity contribution in [2.45, 2.75) is 18.4 Å². The number of rotatable bonds is 1. The van der Waals surface area contributed by atoms with Gasteiger partial charge in [-0.2, -0.15) is 5.10 Å². The van der Waals surface area contributed by atoms with Gasteiger partial charge in [0.25, 0.3) is 5.56 Å². The monoisotopic (exact) mass is 321 g/mol. The summed E-state index contributed by atoms with van der Waals surface area (Å²) >= 11 is 7.93. The number of hydrogen-bond donors (Lipinski definition) is 2. The third kappa shape index (κ3) is 1.94. The maximum absolute atomic E-state index is 12.4. The molecule has 1 unspecified atom stereocenters. The van der Waals surface area contributed by atoms with Gasteiger partial charge in [0.2, 0.25) is 0 Å². The van der Waals surface area contributed by atoms with Gasteiger partial charge in [0.15, 0.2) is 0 Å². The number of pyridine rings is 1. The summed E-state index contributed by atoms with van der Waals surface area (Å²) in [7, 11) is 0. The zero-order chi connectivity index (χ0) is 14.6. The van der Waals surface area contributed by atoms with Gasteiger partial charge in [0.05, 0.1) is 19.4 Å². The van der Waals surface area contributed by atoms with Crippen molar-refractivity contribution >= 4 is 33.0 Å². The van der Waals surface area contributed by atoms with Crippen LogP contribution < -0.4 is 5.56 Å². The van der Waals surface area contributed by atoms with E-state index in [1.807, 2.05) is 19.2 Å². The highest BCUT2D eigenvalue weighted by molar-refractivity contribution is 7.22. The van der Waals surface area contributed by atoms with Crippen LogP contribution in [0.4, 0.5) is 0 Å². The number of nitrogens with zero attached hydrogens (tertiary/aromatic N) is 1. The predicted molar refractivity (Wildman–Crippen MR) is 82.9 cm³/mol. The number of ether oxygens (including phenoxy) is 1. The summed E-state index contributed by atoms with van der Waals surface area (Å²) in [5.41, 5.74) is 2.61. The van der Waals surface area contributed by atoms with Crippen LogP contribution >= 0.6 is 22.9 Å². The predicted octanol–water partition coefficient (Wildman–Crippen LogP) is 2.96. The van der Waals surface area contributed by atoms with Crippen molar-refractivity contribution in [2.24, 2.45) is 0 Å². The van der Waals surface area contributed by atoms with Crippen molar-refractivity contribution < 1.29 is 4.74 Å². The van der Waals surface area contributed by atoms with Crippen LogP contribution in [0.2, 0.25) is 0 Å².